The highest BCUT2D eigenvalue weighted by molar-refractivity contribution is 8.02. The van der Waals surface area contributed by atoms with Crippen LogP contribution in [0.15, 0.2) is 49.6 Å². The molecule has 9 heteroatoms. The van der Waals surface area contributed by atoms with E-state index in [2.05, 4.69) is 13.2 Å². The maximum absolute atomic E-state index is 14.2. The van der Waals surface area contributed by atoms with E-state index in [1.807, 2.05) is 0 Å². The van der Waals surface area contributed by atoms with Crippen molar-refractivity contribution in [2.24, 2.45) is 11.8 Å². The molecule has 1 aromatic carbocycles. The number of fused-ring (bicyclic) bond motifs is 1. The van der Waals surface area contributed by atoms with E-state index < -0.39 is 22.6 Å². The maximum atomic E-state index is 14.2. The number of ether oxygens (including phenoxy) is 1. The van der Waals surface area contributed by atoms with Crippen LogP contribution in [0.4, 0.5) is 5.69 Å². The molecule has 7 nitrogen and oxygen atoms in total. The molecular weight excluding hydrogens is 488 g/mol. The van der Waals surface area contributed by atoms with E-state index in [1.165, 1.54) is 0 Å². The molecule has 3 fully saturated rings. The second-order valence-corrected chi connectivity index (χ2v) is 11.2. The van der Waals surface area contributed by atoms with E-state index in [9.17, 15) is 19.5 Å². The van der Waals surface area contributed by atoms with E-state index >= 15 is 0 Å². The minimum absolute atomic E-state index is 0.0566. The Morgan fingerprint density at radius 1 is 1.29 bits per heavy atom. The maximum Gasteiger partial charge on any atom is 0.310 e. The van der Waals surface area contributed by atoms with Crippen LogP contribution in [0.1, 0.15) is 25.7 Å². The van der Waals surface area contributed by atoms with Gasteiger partial charge in [-0.05, 0) is 49.9 Å². The first-order chi connectivity index (χ1) is 16.9. The quantitative estimate of drug-likeness (QED) is 0.274. The number of carbonyl (C=O) groups excluding carboxylic acids is 3. The third-order valence-corrected chi connectivity index (χ3v) is 9.35. The van der Waals surface area contributed by atoms with Crippen molar-refractivity contribution in [3.63, 3.8) is 0 Å². The summed E-state index contributed by atoms with van der Waals surface area (Å²) in [7, 11) is 0. The monoisotopic (exact) mass is 518 g/mol. The molecule has 4 rings (SSSR count). The van der Waals surface area contributed by atoms with Crippen LogP contribution in [0, 0.1) is 11.8 Å². The van der Waals surface area contributed by atoms with Gasteiger partial charge in [-0.1, -0.05) is 23.8 Å². The van der Waals surface area contributed by atoms with Gasteiger partial charge in [-0.25, -0.2) is 0 Å². The highest BCUT2D eigenvalue weighted by Crippen LogP contribution is 2.66. The summed E-state index contributed by atoms with van der Waals surface area (Å²) in [5.41, 5.74) is 0.659. The predicted octanol–water partition coefficient (Wildman–Crippen LogP) is 3.45. The molecule has 3 heterocycles. The number of halogens is 1. The van der Waals surface area contributed by atoms with Crippen LogP contribution >= 0.6 is 23.4 Å². The molecule has 2 amide bonds. The zero-order valence-corrected chi connectivity index (χ0v) is 21.2. The number of anilines is 1. The zero-order chi connectivity index (χ0) is 25.2. The molecule has 1 N–H and O–H groups in total. The number of aliphatic hydroxyl groups is 1. The van der Waals surface area contributed by atoms with Gasteiger partial charge in [-0.3, -0.25) is 14.4 Å². The molecule has 3 aliphatic rings. The fourth-order valence-corrected chi connectivity index (χ4v) is 8.07. The summed E-state index contributed by atoms with van der Waals surface area (Å²) >= 11 is 7.66. The first-order valence-electron chi connectivity index (χ1n) is 11.9. The van der Waals surface area contributed by atoms with E-state index in [0.717, 1.165) is 6.42 Å². The van der Waals surface area contributed by atoms with Crippen LogP contribution in [0.25, 0.3) is 0 Å². The minimum Gasteiger partial charge on any atom is -0.465 e. The molecule has 188 valence electrons. The molecule has 3 aliphatic heterocycles. The number of aliphatic hydroxyl groups excluding tert-OH is 1. The number of likely N-dealkylation sites (tertiary alicyclic amines) is 1. The Morgan fingerprint density at radius 2 is 2.03 bits per heavy atom. The van der Waals surface area contributed by atoms with Crippen molar-refractivity contribution in [2.75, 3.05) is 31.2 Å². The molecule has 0 saturated carbocycles. The van der Waals surface area contributed by atoms with Crippen LogP contribution in [0.2, 0.25) is 5.02 Å². The van der Waals surface area contributed by atoms with Gasteiger partial charge in [0.1, 0.15) is 6.04 Å². The van der Waals surface area contributed by atoms with Gasteiger partial charge in [0.2, 0.25) is 5.91 Å². The lowest BCUT2D eigenvalue weighted by Gasteiger charge is -2.37. The third kappa shape index (κ3) is 4.52. The molecule has 0 aromatic heterocycles. The normalized spacial score (nSPS) is 28.6. The van der Waals surface area contributed by atoms with Crippen molar-refractivity contribution < 1.29 is 24.2 Å². The Bertz CT molecular complexity index is 1000. The molecule has 0 radical (unpaired) electrons. The first kappa shape index (κ1) is 25.8. The minimum atomic E-state index is -0.747. The fraction of sp³-hybridized carbons (Fsp3) is 0.500. The summed E-state index contributed by atoms with van der Waals surface area (Å²) in [6.07, 6.45) is 5.64. The van der Waals surface area contributed by atoms with Gasteiger partial charge in [0.25, 0.3) is 5.91 Å². The molecule has 1 aromatic rings. The van der Waals surface area contributed by atoms with Gasteiger partial charge in [-0.15, -0.1) is 24.9 Å². The van der Waals surface area contributed by atoms with E-state index in [-0.39, 0.29) is 49.3 Å². The lowest BCUT2D eigenvalue weighted by molar-refractivity contribution is -0.154. The van der Waals surface area contributed by atoms with Crippen molar-refractivity contribution in [1.29, 1.82) is 0 Å². The van der Waals surface area contributed by atoms with Crippen LogP contribution in [-0.4, -0.2) is 70.1 Å². The largest absolute Gasteiger partial charge is 0.465 e. The van der Waals surface area contributed by atoms with Gasteiger partial charge in [0.05, 0.1) is 23.2 Å². The number of hydrogen-bond acceptors (Lipinski definition) is 6. The average molecular weight is 519 g/mol. The number of thioether (sulfide) groups is 1. The van der Waals surface area contributed by atoms with Crippen molar-refractivity contribution in [2.45, 2.75) is 41.7 Å². The molecule has 1 spiro atoms. The SMILES string of the molecule is C=CCCOC(=O)[C@@H]1[C@H]2C(=O)N(CCCO)C(C(=O)N(CC=C)c3ccc(Cl)cc3)C23CC[C@H]1S3. The fourth-order valence-electron chi connectivity index (χ4n) is 5.74. The van der Waals surface area contributed by atoms with Gasteiger partial charge in [-0.2, -0.15) is 0 Å². The van der Waals surface area contributed by atoms with Crippen LogP contribution in [0.5, 0.6) is 0 Å². The number of hydrogen-bond donors (Lipinski definition) is 1. The summed E-state index contributed by atoms with van der Waals surface area (Å²) in [5.74, 6) is -1.99. The summed E-state index contributed by atoms with van der Waals surface area (Å²) in [4.78, 5) is 44.3. The van der Waals surface area contributed by atoms with E-state index in [0.29, 0.717) is 30.0 Å². The van der Waals surface area contributed by atoms with Gasteiger partial charge in [0.15, 0.2) is 0 Å². The second kappa shape index (κ2) is 10.8. The topological polar surface area (TPSA) is 87.1 Å². The number of rotatable bonds is 11. The number of benzene rings is 1. The Labute approximate surface area is 215 Å². The van der Waals surface area contributed by atoms with Gasteiger partial charge >= 0.3 is 5.97 Å². The summed E-state index contributed by atoms with van der Waals surface area (Å²) < 4.78 is 4.79. The average Bonchev–Trinajstić information content (AvgIpc) is 3.49. The van der Waals surface area contributed by atoms with Crippen molar-refractivity contribution in [3.8, 4) is 0 Å². The lowest BCUT2D eigenvalue weighted by atomic mass is 9.71. The summed E-state index contributed by atoms with van der Waals surface area (Å²) in [6, 6.07) is 6.23. The molecule has 35 heavy (non-hydrogen) atoms. The summed E-state index contributed by atoms with van der Waals surface area (Å²) in [6.45, 7) is 8.10. The van der Waals surface area contributed by atoms with Crippen molar-refractivity contribution in [1.82, 2.24) is 4.90 Å². The predicted molar refractivity (Wildman–Crippen MR) is 137 cm³/mol. The van der Waals surface area contributed by atoms with Crippen LogP contribution in [-0.2, 0) is 19.1 Å². The molecular formula is C26H31ClN2O5S. The standard InChI is InChI=1S/C26H31ClN2O5S/c1-3-5-16-34-25(33)20-19-11-12-26(35-19)21(20)23(31)29(14-6-15-30)22(26)24(32)28(13-4-2)18-9-7-17(27)8-10-18/h3-4,7-10,19-22,30H,1-2,5-6,11-16H2/t19-,20+,21+,22?,26?/m1/s1. The molecule has 2 unspecified atom stereocenters. The highest BCUT2D eigenvalue weighted by Gasteiger charge is 2.74. The van der Waals surface area contributed by atoms with E-state index in [1.54, 1.807) is 58.0 Å². The smallest absolute Gasteiger partial charge is 0.310 e. The molecule has 2 bridgehead atoms. The Kier molecular flexibility index (Phi) is 7.93. The zero-order valence-electron chi connectivity index (χ0n) is 19.6. The first-order valence-corrected chi connectivity index (χ1v) is 13.2. The second-order valence-electron chi connectivity index (χ2n) is 9.12. The Hall–Kier alpha value is -2.29. The third-order valence-electron chi connectivity index (χ3n) is 7.15. The van der Waals surface area contributed by atoms with Gasteiger partial charge in [0, 0.05) is 35.7 Å². The number of amides is 2. The van der Waals surface area contributed by atoms with Crippen LogP contribution < -0.4 is 4.90 Å². The molecule has 3 saturated heterocycles. The Balaban J connectivity index is 1.70. The van der Waals surface area contributed by atoms with E-state index in [4.69, 9.17) is 16.3 Å². The number of esters is 1. The molecule has 5 atom stereocenters. The highest BCUT2D eigenvalue weighted by atomic mass is 35.5. The van der Waals surface area contributed by atoms with Crippen molar-refractivity contribution >= 4 is 46.8 Å². The van der Waals surface area contributed by atoms with Crippen molar-refractivity contribution in [3.05, 3.63) is 54.6 Å². The summed E-state index contributed by atoms with van der Waals surface area (Å²) in [5, 5.41) is 9.98. The lowest BCUT2D eigenvalue weighted by Crippen LogP contribution is -2.55. The van der Waals surface area contributed by atoms with Crippen LogP contribution in [0.3, 0.4) is 0 Å². The Morgan fingerprint density at radius 3 is 2.69 bits per heavy atom. The van der Waals surface area contributed by atoms with Gasteiger partial charge < -0.3 is 19.6 Å². The number of carbonyl (C=O) groups is 3. The number of nitrogens with zero attached hydrogens (tertiary/aromatic N) is 2. The molecule has 0 aliphatic carbocycles.